The minimum absolute atomic E-state index is 0.152. The van der Waals surface area contributed by atoms with Crippen LogP contribution in [0.5, 0.6) is 0 Å². The highest BCUT2D eigenvalue weighted by molar-refractivity contribution is 9.10. The lowest BCUT2D eigenvalue weighted by molar-refractivity contribution is -0.125. The second kappa shape index (κ2) is 6.32. The van der Waals surface area contributed by atoms with Crippen molar-refractivity contribution in [2.24, 2.45) is 0 Å². The van der Waals surface area contributed by atoms with Gasteiger partial charge in [-0.05, 0) is 36.2 Å². The van der Waals surface area contributed by atoms with Crippen LogP contribution in [0, 0.1) is 0 Å². The van der Waals surface area contributed by atoms with Gasteiger partial charge in [0.1, 0.15) is 6.42 Å². The average molecular weight is 359 g/mol. The smallest absolute Gasteiger partial charge is 0.236 e. The molecule has 0 spiro atoms. The third-order valence-corrected chi connectivity index (χ3v) is 4.10. The molecular weight excluding hydrogens is 344 g/mol. The Balaban J connectivity index is 1.64. The quantitative estimate of drug-likeness (QED) is 0.855. The number of carbonyl (C=O) groups is 2. The van der Waals surface area contributed by atoms with Crippen molar-refractivity contribution in [1.29, 1.82) is 0 Å². The van der Waals surface area contributed by atoms with E-state index >= 15 is 0 Å². The van der Waals surface area contributed by atoms with Gasteiger partial charge in [-0.1, -0.05) is 40.2 Å². The molecule has 0 atom stereocenters. The van der Waals surface area contributed by atoms with E-state index in [9.17, 15) is 9.59 Å². The maximum atomic E-state index is 12.3. The molecule has 0 fully saturated rings. The van der Waals surface area contributed by atoms with Crippen LogP contribution in [0.4, 0.5) is 11.4 Å². The molecule has 0 radical (unpaired) electrons. The maximum Gasteiger partial charge on any atom is 0.236 e. The number of hydrogen-bond donors (Lipinski definition) is 1. The number of benzene rings is 2. The lowest BCUT2D eigenvalue weighted by Crippen LogP contribution is -2.32. The highest BCUT2D eigenvalue weighted by Crippen LogP contribution is 2.28. The summed E-state index contributed by atoms with van der Waals surface area (Å²) in [6.07, 6.45) is 0.690. The molecule has 0 saturated carbocycles. The molecule has 22 heavy (non-hydrogen) atoms. The van der Waals surface area contributed by atoms with Gasteiger partial charge in [-0.2, -0.15) is 0 Å². The predicted molar refractivity (Wildman–Crippen MR) is 89.9 cm³/mol. The Morgan fingerprint density at radius 3 is 2.77 bits per heavy atom. The highest BCUT2D eigenvalue weighted by atomic mass is 79.9. The Labute approximate surface area is 137 Å². The van der Waals surface area contributed by atoms with E-state index in [2.05, 4.69) is 21.2 Å². The fourth-order valence-electron chi connectivity index (χ4n) is 2.60. The minimum Gasteiger partial charge on any atom is -0.326 e. The van der Waals surface area contributed by atoms with E-state index in [-0.39, 0.29) is 18.2 Å². The topological polar surface area (TPSA) is 49.4 Å². The van der Waals surface area contributed by atoms with Gasteiger partial charge in [0, 0.05) is 22.4 Å². The zero-order chi connectivity index (χ0) is 15.5. The van der Waals surface area contributed by atoms with E-state index in [0.717, 1.165) is 22.1 Å². The van der Waals surface area contributed by atoms with Crippen LogP contribution >= 0.6 is 15.9 Å². The summed E-state index contributed by atoms with van der Waals surface area (Å²) >= 11 is 3.35. The molecule has 2 amide bonds. The molecule has 0 aromatic heterocycles. The van der Waals surface area contributed by atoms with E-state index in [1.807, 2.05) is 36.4 Å². The SMILES string of the molecule is O=C(CC(=O)N1CCc2ccccc21)Nc1cccc(Br)c1. The number of hydrogen-bond acceptors (Lipinski definition) is 2. The Kier molecular flexibility index (Phi) is 4.24. The molecule has 0 saturated heterocycles. The van der Waals surface area contributed by atoms with Crippen LogP contribution < -0.4 is 10.2 Å². The number of amides is 2. The second-order valence-electron chi connectivity index (χ2n) is 5.16. The van der Waals surface area contributed by atoms with Gasteiger partial charge in [-0.3, -0.25) is 9.59 Å². The number of nitrogens with one attached hydrogen (secondary N) is 1. The average Bonchev–Trinajstić information content (AvgIpc) is 2.91. The Morgan fingerprint density at radius 1 is 1.14 bits per heavy atom. The molecule has 4 nitrogen and oxygen atoms in total. The summed E-state index contributed by atoms with van der Waals surface area (Å²) < 4.78 is 0.880. The summed E-state index contributed by atoms with van der Waals surface area (Å²) in [6, 6.07) is 15.1. The van der Waals surface area contributed by atoms with Crippen molar-refractivity contribution in [3.63, 3.8) is 0 Å². The fourth-order valence-corrected chi connectivity index (χ4v) is 3.00. The second-order valence-corrected chi connectivity index (χ2v) is 6.08. The van der Waals surface area contributed by atoms with Gasteiger partial charge in [0.25, 0.3) is 0 Å². The van der Waals surface area contributed by atoms with Crippen LogP contribution in [0.2, 0.25) is 0 Å². The summed E-state index contributed by atoms with van der Waals surface area (Å²) in [6.45, 7) is 0.641. The van der Waals surface area contributed by atoms with Crippen LogP contribution in [0.15, 0.2) is 53.0 Å². The highest BCUT2D eigenvalue weighted by Gasteiger charge is 2.25. The van der Waals surface area contributed by atoms with Crippen molar-refractivity contribution in [2.75, 3.05) is 16.8 Å². The first-order valence-electron chi connectivity index (χ1n) is 7.07. The Hall–Kier alpha value is -2.14. The van der Waals surface area contributed by atoms with E-state index in [0.29, 0.717) is 12.2 Å². The van der Waals surface area contributed by atoms with E-state index < -0.39 is 0 Å². The first-order chi connectivity index (χ1) is 10.6. The van der Waals surface area contributed by atoms with Crippen LogP contribution in [-0.4, -0.2) is 18.4 Å². The third kappa shape index (κ3) is 3.20. The van der Waals surface area contributed by atoms with Gasteiger partial charge in [-0.25, -0.2) is 0 Å². The van der Waals surface area contributed by atoms with Crippen molar-refractivity contribution in [3.8, 4) is 0 Å². The first kappa shape index (κ1) is 14.8. The normalized spacial score (nSPS) is 12.9. The molecule has 3 rings (SSSR count). The van der Waals surface area contributed by atoms with Gasteiger partial charge >= 0.3 is 0 Å². The van der Waals surface area contributed by atoms with Gasteiger partial charge in [0.15, 0.2) is 0 Å². The number of halogens is 1. The van der Waals surface area contributed by atoms with Gasteiger partial charge in [0.05, 0.1) is 0 Å². The van der Waals surface area contributed by atoms with E-state index in [1.54, 1.807) is 17.0 Å². The lowest BCUT2D eigenvalue weighted by Gasteiger charge is -2.17. The molecule has 1 aliphatic rings. The summed E-state index contributed by atoms with van der Waals surface area (Å²) in [5.74, 6) is -0.468. The van der Waals surface area contributed by atoms with Gasteiger partial charge in [-0.15, -0.1) is 0 Å². The van der Waals surface area contributed by atoms with Crippen LogP contribution in [0.1, 0.15) is 12.0 Å². The number of nitrogens with zero attached hydrogens (tertiary/aromatic N) is 1. The molecule has 2 aromatic rings. The molecule has 0 aliphatic carbocycles. The van der Waals surface area contributed by atoms with Crippen LogP contribution in [0.3, 0.4) is 0 Å². The molecule has 0 unspecified atom stereocenters. The van der Waals surface area contributed by atoms with E-state index in [4.69, 9.17) is 0 Å². The summed E-state index contributed by atoms with van der Waals surface area (Å²) in [7, 11) is 0. The lowest BCUT2D eigenvalue weighted by atomic mass is 10.2. The number of anilines is 2. The number of para-hydroxylation sites is 1. The molecule has 1 N–H and O–H groups in total. The maximum absolute atomic E-state index is 12.3. The molecule has 2 aromatic carbocycles. The van der Waals surface area contributed by atoms with Gasteiger partial charge < -0.3 is 10.2 Å². The summed E-state index contributed by atoms with van der Waals surface area (Å²) in [5, 5.41) is 2.74. The van der Waals surface area contributed by atoms with Crippen molar-refractivity contribution >= 4 is 39.1 Å². The minimum atomic E-state index is -0.299. The molecule has 112 valence electrons. The largest absolute Gasteiger partial charge is 0.326 e. The Bertz CT molecular complexity index is 730. The Morgan fingerprint density at radius 2 is 1.95 bits per heavy atom. The number of rotatable bonds is 3. The number of fused-ring (bicyclic) bond motifs is 1. The van der Waals surface area contributed by atoms with Crippen molar-refractivity contribution < 1.29 is 9.59 Å². The van der Waals surface area contributed by atoms with Gasteiger partial charge in [0.2, 0.25) is 11.8 Å². The summed E-state index contributed by atoms with van der Waals surface area (Å²) in [4.78, 5) is 26.1. The standard InChI is InChI=1S/C17H15BrN2O2/c18-13-5-3-6-14(10-13)19-16(21)11-17(22)20-9-8-12-4-1-2-7-15(12)20/h1-7,10H,8-9,11H2,(H,19,21). The van der Waals surface area contributed by atoms with Crippen molar-refractivity contribution in [1.82, 2.24) is 0 Å². The molecule has 5 heteroatoms. The predicted octanol–water partition coefficient (Wildman–Crippen LogP) is 3.37. The monoisotopic (exact) mass is 358 g/mol. The third-order valence-electron chi connectivity index (χ3n) is 3.61. The molecule has 0 bridgehead atoms. The zero-order valence-electron chi connectivity index (χ0n) is 11.9. The molecule has 1 aliphatic heterocycles. The fraction of sp³-hybridized carbons (Fsp3) is 0.176. The van der Waals surface area contributed by atoms with Crippen molar-refractivity contribution in [2.45, 2.75) is 12.8 Å². The number of carbonyl (C=O) groups excluding carboxylic acids is 2. The molecular formula is C17H15BrN2O2. The van der Waals surface area contributed by atoms with Crippen LogP contribution in [-0.2, 0) is 16.0 Å². The van der Waals surface area contributed by atoms with Crippen molar-refractivity contribution in [3.05, 3.63) is 58.6 Å². The molecule has 1 heterocycles. The first-order valence-corrected chi connectivity index (χ1v) is 7.86. The summed E-state index contributed by atoms with van der Waals surface area (Å²) in [5.41, 5.74) is 2.75. The zero-order valence-corrected chi connectivity index (χ0v) is 13.5. The van der Waals surface area contributed by atoms with E-state index in [1.165, 1.54) is 0 Å². The van der Waals surface area contributed by atoms with Crippen LogP contribution in [0.25, 0.3) is 0 Å².